The number of rotatable bonds is 8. The maximum atomic E-state index is 13.0. The Hall–Kier alpha value is -3.74. The molecule has 1 aromatic heterocycles. The molecule has 7 nitrogen and oxygen atoms in total. The maximum Gasteiger partial charge on any atom is 0.255 e. The first-order chi connectivity index (χ1) is 17.4. The molecule has 0 bridgehead atoms. The molecule has 188 valence electrons. The number of fused-ring (bicyclic) bond motifs is 1. The number of aromatic nitrogens is 2. The van der Waals surface area contributed by atoms with Gasteiger partial charge in [-0.2, -0.15) is 0 Å². The fourth-order valence-corrected chi connectivity index (χ4v) is 5.18. The SMILES string of the molecule is CCCCCCc1ccc(-c2nc(-c3ccc4c(c3)CN(C3CCC(=O)NC3=O)C4=O)cn2C)cc1.[HH]. The molecule has 1 saturated heterocycles. The van der Waals surface area contributed by atoms with Gasteiger partial charge in [0.15, 0.2) is 0 Å². The van der Waals surface area contributed by atoms with Crippen molar-refractivity contribution < 1.29 is 15.8 Å². The molecule has 36 heavy (non-hydrogen) atoms. The van der Waals surface area contributed by atoms with Gasteiger partial charge in [-0.05, 0) is 42.5 Å². The average molecular weight is 487 g/mol. The number of piperidine rings is 1. The molecule has 0 saturated carbocycles. The molecule has 2 aromatic carbocycles. The number of nitrogens with zero attached hydrogens (tertiary/aromatic N) is 3. The highest BCUT2D eigenvalue weighted by Gasteiger charge is 2.39. The zero-order chi connectivity index (χ0) is 25.2. The molecule has 2 aliphatic rings. The van der Waals surface area contributed by atoms with E-state index in [-0.39, 0.29) is 19.7 Å². The first kappa shape index (κ1) is 24.0. The summed E-state index contributed by atoms with van der Waals surface area (Å²) < 4.78 is 2.03. The molecule has 2 aliphatic heterocycles. The number of carbonyl (C=O) groups is 3. The van der Waals surface area contributed by atoms with Gasteiger partial charge in [0, 0.05) is 44.3 Å². The van der Waals surface area contributed by atoms with Gasteiger partial charge in [0.1, 0.15) is 11.9 Å². The number of imide groups is 1. The summed E-state index contributed by atoms with van der Waals surface area (Å²) in [5.74, 6) is 0.0519. The summed E-state index contributed by atoms with van der Waals surface area (Å²) >= 11 is 0. The van der Waals surface area contributed by atoms with Crippen molar-refractivity contribution >= 4 is 17.7 Å². The van der Waals surface area contributed by atoms with Crippen molar-refractivity contribution in [3.8, 4) is 22.6 Å². The van der Waals surface area contributed by atoms with Gasteiger partial charge in [-0.1, -0.05) is 56.5 Å². The second-order valence-corrected chi connectivity index (χ2v) is 9.84. The topological polar surface area (TPSA) is 84.3 Å². The smallest absolute Gasteiger partial charge is 0.255 e. The van der Waals surface area contributed by atoms with E-state index >= 15 is 0 Å². The van der Waals surface area contributed by atoms with E-state index in [9.17, 15) is 14.4 Å². The lowest BCUT2D eigenvalue weighted by molar-refractivity contribution is -0.136. The van der Waals surface area contributed by atoms with Crippen molar-refractivity contribution in [2.75, 3.05) is 0 Å². The molecule has 1 fully saturated rings. The van der Waals surface area contributed by atoms with Gasteiger partial charge in [-0.25, -0.2) is 4.98 Å². The zero-order valence-electron chi connectivity index (χ0n) is 20.9. The Kier molecular flexibility index (Phi) is 6.72. The number of benzene rings is 2. The third-order valence-electron chi connectivity index (χ3n) is 7.23. The molecule has 7 heteroatoms. The minimum absolute atomic E-state index is 0. The number of amides is 3. The Morgan fingerprint density at radius 2 is 1.81 bits per heavy atom. The van der Waals surface area contributed by atoms with Crippen molar-refractivity contribution in [2.24, 2.45) is 7.05 Å². The molecule has 0 spiro atoms. The third-order valence-corrected chi connectivity index (χ3v) is 7.23. The Labute approximate surface area is 213 Å². The van der Waals surface area contributed by atoms with E-state index in [0.717, 1.165) is 34.6 Å². The largest absolute Gasteiger partial charge is 0.333 e. The summed E-state index contributed by atoms with van der Waals surface area (Å²) in [5.41, 5.74) is 5.68. The van der Waals surface area contributed by atoms with Gasteiger partial charge in [0.25, 0.3) is 5.91 Å². The molecule has 1 unspecified atom stereocenters. The van der Waals surface area contributed by atoms with E-state index in [1.165, 1.54) is 31.2 Å². The molecular weight excluding hydrogens is 452 g/mol. The Morgan fingerprint density at radius 3 is 2.56 bits per heavy atom. The van der Waals surface area contributed by atoms with E-state index in [1.54, 1.807) is 4.90 Å². The standard InChI is InChI=1S/C29H32N4O3.H2/c1-3-4-5-6-7-19-8-10-20(11-9-19)27-30-24(18-32(27)2)21-12-13-23-22(16-21)17-33(29(23)36)25-14-15-26(34)31-28(25)35;/h8-13,16,18,25H,3-7,14-15,17H2,1-2H3,(H,31,34,35);1H. The summed E-state index contributed by atoms with van der Waals surface area (Å²) in [5, 5.41) is 2.35. The molecule has 5 rings (SSSR count). The lowest BCUT2D eigenvalue weighted by Gasteiger charge is -2.29. The number of nitrogens with one attached hydrogen (secondary N) is 1. The van der Waals surface area contributed by atoms with Gasteiger partial charge in [0.2, 0.25) is 11.8 Å². The molecule has 3 heterocycles. The summed E-state index contributed by atoms with van der Waals surface area (Å²) in [6, 6.07) is 13.8. The molecule has 0 radical (unpaired) electrons. The number of carbonyl (C=O) groups excluding carboxylic acids is 3. The van der Waals surface area contributed by atoms with E-state index < -0.39 is 11.9 Å². The number of aryl methyl sites for hydroxylation is 2. The van der Waals surface area contributed by atoms with Crippen LogP contribution in [0.15, 0.2) is 48.7 Å². The minimum Gasteiger partial charge on any atom is -0.333 e. The Bertz CT molecular complexity index is 1320. The van der Waals surface area contributed by atoms with Crippen LogP contribution < -0.4 is 5.32 Å². The van der Waals surface area contributed by atoms with Gasteiger partial charge >= 0.3 is 0 Å². The van der Waals surface area contributed by atoms with Crippen LogP contribution >= 0.6 is 0 Å². The number of hydrogen-bond donors (Lipinski definition) is 1. The first-order valence-corrected chi connectivity index (χ1v) is 12.8. The minimum atomic E-state index is -0.609. The van der Waals surface area contributed by atoms with Crippen LogP contribution in [0.3, 0.4) is 0 Å². The van der Waals surface area contributed by atoms with Crippen molar-refractivity contribution in [1.29, 1.82) is 0 Å². The Morgan fingerprint density at radius 1 is 1.03 bits per heavy atom. The predicted molar refractivity (Wildman–Crippen MR) is 140 cm³/mol. The van der Waals surface area contributed by atoms with Gasteiger partial charge in [-0.3, -0.25) is 19.7 Å². The van der Waals surface area contributed by atoms with E-state index in [2.05, 4.69) is 36.5 Å². The van der Waals surface area contributed by atoms with Crippen LogP contribution in [-0.2, 0) is 29.6 Å². The van der Waals surface area contributed by atoms with E-state index in [4.69, 9.17) is 4.98 Å². The van der Waals surface area contributed by atoms with Crippen LogP contribution in [0.5, 0.6) is 0 Å². The maximum absolute atomic E-state index is 13.0. The molecule has 1 N–H and O–H groups in total. The van der Waals surface area contributed by atoms with E-state index in [1.807, 2.05) is 36.0 Å². The number of imidazole rings is 1. The third kappa shape index (κ3) is 4.70. The first-order valence-electron chi connectivity index (χ1n) is 12.8. The van der Waals surface area contributed by atoms with Crippen LogP contribution in [0, 0.1) is 0 Å². The number of hydrogen-bond acceptors (Lipinski definition) is 4. The van der Waals surface area contributed by atoms with Crippen LogP contribution in [0.4, 0.5) is 0 Å². The lowest BCUT2D eigenvalue weighted by Crippen LogP contribution is -2.52. The van der Waals surface area contributed by atoms with Crippen molar-refractivity contribution in [3.63, 3.8) is 0 Å². The fraction of sp³-hybridized carbons (Fsp3) is 0.379. The second-order valence-electron chi connectivity index (χ2n) is 9.84. The fourth-order valence-electron chi connectivity index (χ4n) is 5.18. The summed E-state index contributed by atoms with van der Waals surface area (Å²) in [6.07, 6.45) is 8.76. The molecule has 3 aromatic rings. The van der Waals surface area contributed by atoms with Crippen molar-refractivity contribution in [3.05, 3.63) is 65.4 Å². The van der Waals surface area contributed by atoms with Crippen LogP contribution in [0.1, 0.15) is 68.4 Å². The summed E-state index contributed by atoms with van der Waals surface area (Å²) in [6.45, 7) is 2.59. The highest BCUT2D eigenvalue weighted by atomic mass is 16.2. The summed E-state index contributed by atoms with van der Waals surface area (Å²) in [4.78, 5) is 43.3. The lowest BCUT2D eigenvalue weighted by atomic mass is 10.0. The van der Waals surface area contributed by atoms with Crippen molar-refractivity contribution in [1.82, 2.24) is 19.8 Å². The molecule has 3 amide bonds. The highest BCUT2D eigenvalue weighted by molar-refractivity contribution is 6.05. The van der Waals surface area contributed by atoms with Crippen LogP contribution in [0.25, 0.3) is 22.6 Å². The number of unbranched alkanes of at least 4 members (excludes halogenated alkanes) is 3. The normalized spacial score (nSPS) is 17.4. The monoisotopic (exact) mass is 486 g/mol. The second kappa shape index (κ2) is 10.1. The van der Waals surface area contributed by atoms with Crippen molar-refractivity contribution in [2.45, 2.75) is 64.5 Å². The average Bonchev–Trinajstić information content (AvgIpc) is 3.42. The molecule has 0 aliphatic carbocycles. The Balaban J connectivity index is 0.00000320. The van der Waals surface area contributed by atoms with Crippen LogP contribution in [-0.4, -0.2) is 38.2 Å². The van der Waals surface area contributed by atoms with Gasteiger partial charge in [0.05, 0.1) is 5.69 Å². The zero-order valence-corrected chi connectivity index (χ0v) is 20.9. The molecular formula is C29H34N4O3. The van der Waals surface area contributed by atoms with E-state index in [0.29, 0.717) is 18.5 Å². The molecule has 1 atom stereocenters. The highest BCUT2D eigenvalue weighted by Crippen LogP contribution is 2.32. The van der Waals surface area contributed by atoms with Gasteiger partial charge in [-0.15, -0.1) is 0 Å². The quantitative estimate of drug-likeness (QED) is 0.363. The van der Waals surface area contributed by atoms with Crippen LogP contribution in [0.2, 0.25) is 0 Å². The summed E-state index contributed by atoms with van der Waals surface area (Å²) in [7, 11) is 1.99. The van der Waals surface area contributed by atoms with Gasteiger partial charge < -0.3 is 9.47 Å². The predicted octanol–water partition coefficient (Wildman–Crippen LogP) is 4.88.